The first-order valence-electron chi connectivity index (χ1n) is 3.02. The van der Waals surface area contributed by atoms with Gasteiger partial charge in [0.05, 0.1) is 12.1 Å². The standard InChI is InChI=1S/C7H7BrClNO/c1-11-7-2-6(9)5(3-8)4-10-7/h2,4H,3H2,1H3. The van der Waals surface area contributed by atoms with Crippen LogP contribution in [0.3, 0.4) is 0 Å². The van der Waals surface area contributed by atoms with Gasteiger partial charge < -0.3 is 4.74 Å². The van der Waals surface area contributed by atoms with Crippen molar-refractivity contribution in [3.8, 4) is 5.88 Å². The molecule has 11 heavy (non-hydrogen) atoms. The molecule has 2 nitrogen and oxygen atoms in total. The molecule has 0 aliphatic rings. The summed E-state index contributed by atoms with van der Waals surface area (Å²) < 4.78 is 4.88. The molecular weight excluding hydrogens is 229 g/mol. The Morgan fingerprint density at radius 2 is 2.45 bits per heavy atom. The van der Waals surface area contributed by atoms with Crippen molar-refractivity contribution in [1.82, 2.24) is 4.98 Å². The Bertz CT molecular complexity index is 254. The van der Waals surface area contributed by atoms with E-state index >= 15 is 0 Å². The van der Waals surface area contributed by atoms with E-state index in [0.29, 0.717) is 16.2 Å². The quantitative estimate of drug-likeness (QED) is 0.737. The minimum atomic E-state index is 0.541. The molecule has 0 atom stereocenters. The molecule has 1 aromatic rings. The highest BCUT2D eigenvalue weighted by Crippen LogP contribution is 2.21. The smallest absolute Gasteiger partial charge is 0.214 e. The van der Waals surface area contributed by atoms with Gasteiger partial charge in [0.15, 0.2) is 0 Å². The number of nitrogens with zero attached hydrogens (tertiary/aromatic N) is 1. The van der Waals surface area contributed by atoms with E-state index in [-0.39, 0.29) is 0 Å². The molecule has 0 aliphatic heterocycles. The fourth-order valence-electron chi connectivity index (χ4n) is 0.652. The molecule has 0 radical (unpaired) electrons. The number of alkyl halides is 1. The van der Waals surface area contributed by atoms with Crippen molar-refractivity contribution in [2.24, 2.45) is 0 Å². The maximum absolute atomic E-state index is 5.86. The molecule has 0 saturated carbocycles. The van der Waals surface area contributed by atoms with Crippen LogP contribution in [0.1, 0.15) is 5.56 Å². The molecule has 0 unspecified atom stereocenters. The van der Waals surface area contributed by atoms with Crippen LogP contribution in [0, 0.1) is 0 Å². The molecule has 4 heteroatoms. The summed E-state index contributed by atoms with van der Waals surface area (Å²) in [5.41, 5.74) is 0.965. The Morgan fingerprint density at radius 3 is 2.91 bits per heavy atom. The van der Waals surface area contributed by atoms with Crippen LogP contribution in [0.15, 0.2) is 12.3 Å². The number of pyridine rings is 1. The maximum atomic E-state index is 5.86. The van der Waals surface area contributed by atoms with Crippen molar-refractivity contribution in [3.63, 3.8) is 0 Å². The van der Waals surface area contributed by atoms with Gasteiger partial charge in [0.1, 0.15) is 0 Å². The fraction of sp³-hybridized carbons (Fsp3) is 0.286. The van der Waals surface area contributed by atoms with Crippen LogP contribution < -0.4 is 4.74 Å². The van der Waals surface area contributed by atoms with Gasteiger partial charge in [-0.3, -0.25) is 0 Å². The number of ether oxygens (including phenoxy) is 1. The summed E-state index contributed by atoms with van der Waals surface area (Å²) in [7, 11) is 1.56. The summed E-state index contributed by atoms with van der Waals surface area (Å²) >= 11 is 9.15. The first-order valence-corrected chi connectivity index (χ1v) is 4.52. The molecule has 0 N–H and O–H groups in total. The zero-order chi connectivity index (χ0) is 8.27. The molecule has 0 saturated heterocycles. The predicted octanol–water partition coefficient (Wildman–Crippen LogP) is 2.64. The third-order valence-corrected chi connectivity index (χ3v) is 2.21. The lowest BCUT2D eigenvalue weighted by Crippen LogP contribution is -1.89. The summed E-state index contributed by atoms with van der Waals surface area (Å²) in [5, 5.41) is 1.39. The van der Waals surface area contributed by atoms with Crippen molar-refractivity contribution < 1.29 is 4.74 Å². The second-order valence-electron chi connectivity index (χ2n) is 1.95. The Morgan fingerprint density at radius 1 is 1.73 bits per heavy atom. The van der Waals surface area contributed by atoms with E-state index in [1.165, 1.54) is 0 Å². The first kappa shape index (κ1) is 8.81. The second kappa shape index (κ2) is 3.93. The van der Waals surface area contributed by atoms with Gasteiger partial charge in [-0.1, -0.05) is 27.5 Å². The summed E-state index contributed by atoms with van der Waals surface area (Å²) in [4.78, 5) is 3.99. The van der Waals surface area contributed by atoms with Gasteiger partial charge >= 0.3 is 0 Å². The molecular formula is C7H7BrClNO. The lowest BCUT2D eigenvalue weighted by atomic mass is 10.3. The lowest BCUT2D eigenvalue weighted by molar-refractivity contribution is 0.397. The predicted molar refractivity (Wildman–Crippen MR) is 48.4 cm³/mol. The Kier molecular flexibility index (Phi) is 3.15. The molecule has 0 aromatic carbocycles. The highest BCUT2D eigenvalue weighted by atomic mass is 79.9. The average Bonchev–Trinajstić information content (AvgIpc) is 2.04. The van der Waals surface area contributed by atoms with E-state index < -0.39 is 0 Å². The van der Waals surface area contributed by atoms with E-state index in [1.807, 2.05) is 0 Å². The van der Waals surface area contributed by atoms with E-state index in [2.05, 4.69) is 20.9 Å². The molecule has 0 spiro atoms. The van der Waals surface area contributed by atoms with Gasteiger partial charge in [-0.2, -0.15) is 0 Å². The van der Waals surface area contributed by atoms with Gasteiger partial charge in [0.25, 0.3) is 0 Å². The van der Waals surface area contributed by atoms with Gasteiger partial charge in [-0.05, 0) is 5.56 Å². The Labute approximate surface area is 78.7 Å². The second-order valence-corrected chi connectivity index (χ2v) is 2.92. The third kappa shape index (κ3) is 2.07. The van der Waals surface area contributed by atoms with Crippen LogP contribution >= 0.6 is 27.5 Å². The number of halogens is 2. The van der Waals surface area contributed by atoms with Gasteiger partial charge in [-0.15, -0.1) is 0 Å². The van der Waals surface area contributed by atoms with Crippen LogP contribution in [0.25, 0.3) is 0 Å². The molecule has 0 aliphatic carbocycles. The number of hydrogen-bond acceptors (Lipinski definition) is 2. The summed E-state index contributed by atoms with van der Waals surface area (Å²) in [5.74, 6) is 0.541. The van der Waals surface area contributed by atoms with Crippen LogP contribution in [0.4, 0.5) is 0 Å². The van der Waals surface area contributed by atoms with Crippen molar-refractivity contribution >= 4 is 27.5 Å². The van der Waals surface area contributed by atoms with Gasteiger partial charge in [0.2, 0.25) is 5.88 Å². The minimum absolute atomic E-state index is 0.541. The first-order chi connectivity index (χ1) is 5.27. The average molecular weight is 236 g/mol. The Balaban J connectivity index is 2.99. The van der Waals surface area contributed by atoms with Crippen molar-refractivity contribution in [3.05, 3.63) is 22.8 Å². The third-order valence-electron chi connectivity index (χ3n) is 1.26. The van der Waals surface area contributed by atoms with Crippen molar-refractivity contribution in [2.75, 3.05) is 7.11 Å². The maximum Gasteiger partial charge on any atom is 0.214 e. The molecule has 0 amide bonds. The molecule has 0 bridgehead atoms. The van der Waals surface area contributed by atoms with E-state index in [0.717, 1.165) is 5.56 Å². The molecule has 1 aromatic heterocycles. The van der Waals surface area contributed by atoms with Crippen molar-refractivity contribution in [1.29, 1.82) is 0 Å². The number of aromatic nitrogens is 1. The van der Waals surface area contributed by atoms with E-state index in [1.54, 1.807) is 19.4 Å². The number of methoxy groups -OCH3 is 1. The largest absolute Gasteiger partial charge is 0.481 e. The SMILES string of the molecule is COc1cc(Cl)c(CBr)cn1. The highest BCUT2D eigenvalue weighted by Gasteiger charge is 2.00. The topological polar surface area (TPSA) is 22.1 Å². The highest BCUT2D eigenvalue weighted by molar-refractivity contribution is 9.08. The molecule has 0 fully saturated rings. The zero-order valence-corrected chi connectivity index (χ0v) is 8.32. The minimum Gasteiger partial charge on any atom is -0.481 e. The molecule has 60 valence electrons. The van der Waals surface area contributed by atoms with E-state index in [4.69, 9.17) is 16.3 Å². The summed E-state index contributed by atoms with van der Waals surface area (Å²) in [6.07, 6.45) is 1.69. The lowest BCUT2D eigenvalue weighted by Gasteiger charge is -2.01. The summed E-state index contributed by atoms with van der Waals surface area (Å²) in [6.45, 7) is 0. The monoisotopic (exact) mass is 235 g/mol. The normalized spacial score (nSPS) is 9.73. The van der Waals surface area contributed by atoms with Crippen LogP contribution in [-0.4, -0.2) is 12.1 Å². The van der Waals surface area contributed by atoms with Gasteiger partial charge in [-0.25, -0.2) is 4.98 Å². The van der Waals surface area contributed by atoms with Crippen molar-refractivity contribution in [2.45, 2.75) is 5.33 Å². The van der Waals surface area contributed by atoms with Gasteiger partial charge in [0, 0.05) is 17.6 Å². The fourth-order valence-corrected chi connectivity index (χ4v) is 1.47. The molecule has 1 rings (SSSR count). The zero-order valence-electron chi connectivity index (χ0n) is 5.97. The Hall–Kier alpha value is -0.280. The number of rotatable bonds is 2. The van der Waals surface area contributed by atoms with Crippen LogP contribution in [0.2, 0.25) is 5.02 Å². The summed E-state index contributed by atoms with van der Waals surface area (Å²) in [6, 6.07) is 1.69. The van der Waals surface area contributed by atoms with Crippen LogP contribution in [-0.2, 0) is 5.33 Å². The van der Waals surface area contributed by atoms with Crippen LogP contribution in [0.5, 0.6) is 5.88 Å². The number of hydrogen-bond donors (Lipinski definition) is 0. The van der Waals surface area contributed by atoms with E-state index in [9.17, 15) is 0 Å². The molecule has 1 heterocycles.